The first kappa shape index (κ1) is 19.0. The molecule has 0 fully saturated rings. The number of fused-ring (bicyclic) bond motifs is 1. The Morgan fingerprint density at radius 3 is 2.86 bits per heavy atom. The molecule has 1 aromatic heterocycles. The molecule has 29 heavy (non-hydrogen) atoms. The molecule has 1 aliphatic heterocycles. The van der Waals surface area contributed by atoms with Crippen LogP contribution in [0.3, 0.4) is 0 Å². The molecule has 2 aromatic carbocycles. The molecular weight excluding hydrogens is 364 g/mol. The normalized spacial score (nSPS) is 15.2. The number of nitrogens with zero attached hydrogens (tertiary/aromatic N) is 1. The predicted octanol–water partition coefficient (Wildman–Crippen LogP) is 4.36. The molecule has 1 atom stereocenters. The Bertz CT molecular complexity index is 1010. The minimum atomic E-state index is -0.176. The summed E-state index contributed by atoms with van der Waals surface area (Å²) in [6.45, 7) is 4.87. The fraction of sp³-hybridized carbons (Fsp3) is 0.250. The summed E-state index contributed by atoms with van der Waals surface area (Å²) in [6.07, 6.45) is 2.43. The molecule has 148 valence electrons. The van der Waals surface area contributed by atoms with Crippen LogP contribution in [0.25, 0.3) is 0 Å². The summed E-state index contributed by atoms with van der Waals surface area (Å²) in [7, 11) is 0. The molecule has 0 saturated heterocycles. The molecule has 4 rings (SSSR count). The number of carbonyl (C=O) groups is 1. The molecule has 0 saturated carbocycles. The fourth-order valence-electron chi connectivity index (χ4n) is 3.34. The highest BCUT2D eigenvalue weighted by Crippen LogP contribution is 2.27. The molecule has 1 amide bonds. The zero-order valence-corrected chi connectivity index (χ0v) is 16.6. The van der Waals surface area contributed by atoms with Gasteiger partial charge in [-0.2, -0.15) is 0 Å². The smallest absolute Gasteiger partial charge is 0.227 e. The zero-order valence-electron chi connectivity index (χ0n) is 16.6. The molecule has 5 nitrogen and oxygen atoms in total. The second-order valence-corrected chi connectivity index (χ2v) is 7.41. The van der Waals surface area contributed by atoms with Crippen molar-refractivity contribution in [3.8, 4) is 17.4 Å². The maximum absolute atomic E-state index is 12.5. The largest absolute Gasteiger partial charge is 0.492 e. The number of hydrogen-bond acceptors (Lipinski definition) is 4. The molecule has 0 radical (unpaired) electrons. The van der Waals surface area contributed by atoms with Gasteiger partial charge < -0.3 is 14.8 Å². The minimum Gasteiger partial charge on any atom is -0.492 e. The topological polar surface area (TPSA) is 60.5 Å². The third kappa shape index (κ3) is 4.57. The summed E-state index contributed by atoms with van der Waals surface area (Å²) >= 11 is 0. The van der Waals surface area contributed by atoms with Crippen LogP contribution in [0.1, 0.15) is 22.3 Å². The standard InChI is InChI=1S/C24H24N2O3/c1-16-7-8-17(2)22(11-16)29-23-10-9-18(13-25-23)14-26-24(27)20-12-19-5-3-4-6-21(19)28-15-20/h3-11,13,20H,12,14-15H2,1-2H3,(H,26,27). The van der Waals surface area contributed by atoms with Crippen molar-refractivity contribution >= 4 is 5.91 Å². The predicted molar refractivity (Wildman–Crippen MR) is 111 cm³/mol. The fourth-order valence-corrected chi connectivity index (χ4v) is 3.34. The first-order valence-corrected chi connectivity index (χ1v) is 9.77. The maximum atomic E-state index is 12.5. The lowest BCUT2D eigenvalue weighted by atomic mass is 9.96. The Morgan fingerprint density at radius 2 is 2.03 bits per heavy atom. The van der Waals surface area contributed by atoms with Gasteiger partial charge in [-0.1, -0.05) is 36.4 Å². The quantitative estimate of drug-likeness (QED) is 0.706. The van der Waals surface area contributed by atoms with Gasteiger partial charge >= 0.3 is 0 Å². The number of aryl methyl sites for hydroxylation is 2. The maximum Gasteiger partial charge on any atom is 0.227 e. The lowest BCUT2D eigenvalue weighted by molar-refractivity contribution is -0.126. The summed E-state index contributed by atoms with van der Waals surface area (Å²) in [5.41, 5.74) is 4.20. The number of aromatic nitrogens is 1. The Morgan fingerprint density at radius 1 is 1.17 bits per heavy atom. The van der Waals surface area contributed by atoms with Crippen LogP contribution >= 0.6 is 0 Å². The summed E-state index contributed by atoms with van der Waals surface area (Å²) in [5.74, 6) is 2.03. The van der Waals surface area contributed by atoms with Crippen LogP contribution in [0.5, 0.6) is 17.4 Å². The molecule has 2 heterocycles. The molecule has 0 aliphatic carbocycles. The van der Waals surface area contributed by atoms with E-state index in [0.717, 1.165) is 33.8 Å². The number of pyridine rings is 1. The highest BCUT2D eigenvalue weighted by Gasteiger charge is 2.25. The van der Waals surface area contributed by atoms with Crippen molar-refractivity contribution in [2.75, 3.05) is 6.61 Å². The molecule has 5 heteroatoms. The SMILES string of the molecule is Cc1ccc(C)c(Oc2ccc(CNC(=O)C3COc4ccccc4C3)cn2)c1. The number of rotatable bonds is 5. The Hall–Kier alpha value is -3.34. The van der Waals surface area contributed by atoms with Crippen molar-refractivity contribution in [2.45, 2.75) is 26.8 Å². The molecule has 0 bridgehead atoms. The van der Waals surface area contributed by atoms with Crippen LogP contribution < -0.4 is 14.8 Å². The molecule has 1 unspecified atom stereocenters. The Balaban J connectivity index is 1.32. The van der Waals surface area contributed by atoms with E-state index in [0.29, 0.717) is 25.5 Å². The molecule has 1 N–H and O–H groups in total. The van der Waals surface area contributed by atoms with Gasteiger partial charge in [0.25, 0.3) is 0 Å². The third-order valence-electron chi connectivity index (χ3n) is 5.07. The number of amides is 1. The second-order valence-electron chi connectivity index (χ2n) is 7.41. The van der Waals surface area contributed by atoms with Crippen LogP contribution in [0.2, 0.25) is 0 Å². The van der Waals surface area contributed by atoms with Crippen LogP contribution in [-0.4, -0.2) is 17.5 Å². The van der Waals surface area contributed by atoms with Crippen LogP contribution in [0, 0.1) is 19.8 Å². The van der Waals surface area contributed by atoms with Crippen LogP contribution in [0.4, 0.5) is 0 Å². The van der Waals surface area contributed by atoms with Gasteiger partial charge in [0.15, 0.2) is 0 Å². The van der Waals surface area contributed by atoms with Gasteiger partial charge in [0, 0.05) is 18.8 Å². The van der Waals surface area contributed by atoms with Crippen molar-refractivity contribution in [3.05, 3.63) is 83.0 Å². The summed E-state index contributed by atoms with van der Waals surface area (Å²) < 4.78 is 11.6. The first-order valence-electron chi connectivity index (χ1n) is 9.77. The number of hydrogen-bond donors (Lipinski definition) is 1. The number of carbonyl (C=O) groups excluding carboxylic acids is 1. The van der Waals surface area contributed by atoms with Gasteiger partial charge in [-0.15, -0.1) is 0 Å². The lowest BCUT2D eigenvalue weighted by Crippen LogP contribution is -2.37. The summed E-state index contributed by atoms with van der Waals surface area (Å²) in [5, 5.41) is 2.99. The molecule has 1 aliphatic rings. The van der Waals surface area contributed by atoms with E-state index in [1.54, 1.807) is 6.20 Å². The number of nitrogens with one attached hydrogen (secondary N) is 1. The third-order valence-corrected chi connectivity index (χ3v) is 5.07. The van der Waals surface area contributed by atoms with Gasteiger partial charge in [0.1, 0.15) is 18.1 Å². The van der Waals surface area contributed by atoms with Crippen molar-refractivity contribution in [1.29, 1.82) is 0 Å². The van der Waals surface area contributed by atoms with Gasteiger partial charge in [0.2, 0.25) is 11.8 Å². The number of para-hydroxylation sites is 1. The Labute approximate surface area is 170 Å². The average Bonchev–Trinajstić information content (AvgIpc) is 2.75. The van der Waals surface area contributed by atoms with Crippen LogP contribution in [-0.2, 0) is 17.8 Å². The highest BCUT2D eigenvalue weighted by atomic mass is 16.5. The summed E-state index contributed by atoms with van der Waals surface area (Å²) in [6, 6.07) is 17.7. The number of benzene rings is 2. The monoisotopic (exact) mass is 388 g/mol. The first-order chi connectivity index (χ1) is 14.1. The number of ether oxygens (including phenoxy) is 2. The van der Waals surface area contributed by atoms with Gasteiger partial charge in [-0.3, -0.25) is 4.79 Å². The van der Waals surface area contributed by atoms with Gasteiger partial charge in [0.05, 0.1) is 5.92 Å². The van der Waals surface area contributed by atoms with E-state index in [1.165, 1.54) is 0 Å². The van der Waals surface area contributed by atoms with E-state index >= 15 is 0 Å². The Kier molecular flexibility index (Phi) is 5.47. The average molecular weight is 388 g/mol. The zero-order chi connectivity index (χ0) is 20.2. The van der Waals surface area contributed by atoms with E-state index in [-0.39, 0.29) is 11.8 Å². The van der Waals surface area contributed by atoms with Crippen molar-refractivity contribution in [1.82, 2.24) is 10.3 Å². The van der Waals surface area contributed by atoms with Crippen molar-refractivity contribution < 1.29 is 14.3 Å². The second kappa shape index (κ2) is 8.35. The lowest BCUT2D eigenvalue weighted by Gasteiger charge is -2.24. The van der Waals surface area contributed by atoms with E-state index < -0.39 is 0 Å². The molecule has 3 aromatic rings. The van der Waals surface area contributed by atoms with E-state index in [9.17, 15) is 4.79 Å². The van der Waals surface area contributed by atoms with E-state index in [4.69, 9.17) is 9.47 Å². The molecular formula is C24H24N2O3. The van der Waals surface area contributed by atoms with Crippen molar-refractivity contribution in [3.63, 3.8) is 0 Å². The van der Waals surface area contributed by atoms with E-state index in [1.807, 2.05) is 62.4 Å². The van der Waals surface area contributed by atoms with E-state index in [2.05, 4.69) is 16.4 Å². The highest BCUT2D eigenvalue weighted by molar-refractivity contribution is 5.79. The van der Waals surface area contributed by atoms with Gasteiger partial charge in [-0.25, -0.2) is 4.98 Å². The van der Waals surface area contributed by atoms with Crippen molar-refractivity contribution in [2.24, 2.45) is 5.92 Å². The molecule has 0 spiro atoms. The van der Waals surface area contributed by atoms with Crippen LogP contribution in [0.15, 0.2) is 60.8 Å². The summed E-state index contributed by atoms with van der Waals surface area (Å²) in [4.78, 5) is 16.9. The van der Waals surface area contributed by atoms with Gasteiger partial charge in [-0.05, 0) is 54.7 Å². The minimum absolute atomic E-state index is 0.00443.